The van der Waals surface area contributed by atoms with Gasteiger partial charge in [-0.15, -0.1) is 11.8 Å². The molecule has 0 saturated carbocycles. The van der Waals surface area contributed by atoms with Crippen LogP contribution in [-0.4, -0.2) is 43.8 Å². The number of methoxy groups -OCH3 is 2. The molecule has 1 atom stereocenters. The van der Waals surface area contributed by atoms with Gasteiger partial charge in [0.15, 0.2) is 0 Å². The molecule has 0 radical (unpaired) electrons. The molecule has 0 saturated heterocycles. The molecule has 4 rings (SSSR count). The molecule has 0 spiro atoms. The van der Waals surface area contributed by atoms with Gasteiger partial charge in [0.1, 0.15) is 22.9 Å². The lowest BCUT2D eigenvalue weighted by molar-refractivity contribution is -0.115. The maximum Gasteiger partial charge on any atom is 0.272 e. The van der Waals surface area contributed by atoms with Crippen molar-refractivity contribution >= 4 is 46.9 Å². The summed E-state index contributed by atoms with van der Waals surface area (Å²) in [6.45, 7) is 4.61. The van der Waals surface area contributed by atoms with Crippen LogP contribution in [0.3, 0.4) is 0 Å². The second-order valence-electron chi connectivity index (χ2n) is 10.4. The quantitative estimate of drug-likeness (QED) is 0.0695. The van der Waals surface area contributed by atoms with E-state index in [-0.39, 0.29) is 16.9 Å². The van der Waals surface area contributed by atoms with E-state index in [1.807, 2.05) is 43.3 Å². The van der Waals surface area contributed by atoms with Gasteiger partial charge in [-0.3, -0.25) is 14.4 Å². The van der Waals surface area contributed by atoms with Crippen LogP contribution < -0.4 is 30.2 Å². The monoisotopic (exact) mass is 653 g/mol. The lowest BCUT2D eigenvalue weighted by Crippen LogP contribution is -2.30. The number of carbonyl (C=O) groups excluding carboxylic acids is 3. The first kappa shape index (κ1) is 34.6. The predicted molar refractivity (Wildman–Crippen MR) is 187 cm³/mol. The van der Waals surface area contributed by atoms with Gasteiger partial charge >= 0.3 is 0 Å². The fourth-order valence-electron chi connectivity index (χ4n) is 4.32. The third-order valence-electron chi connectivity index (χ3n) is 6.95. The van der Waals surface area contributed by atoms with Crippen molar-refractivity contribution in [1.82, 2.24) is 5.32 Å². The molecule has 0 aromatic heterocycles. The van der Waals surface area contributed by atoms with E-state index in [4.69, 9.17) is 14.2 Å². The Morgan fingerprint density at radius 1 is 0.809 bits per heavy atom. The minimum absolute atomic E-state index is 0.0200. The fourth-order valence-corrected chi connectivity index (χ4v) is 5.19. The lowest BCUT2D eigenvalue weighted by atomic mass is 10.1. The highest BCUT2D eigenvalue weighted by Crippen LogP contribution is 2.28. The van der Waals surface area contributed by atoms with E-state index in [0.29, 0.717) is 40.6 Å². The number of nitrogens with one attached hydrogen (secondary N) is 3. The molecule has 0 heterocycles. The molecule has 3 amide bonds. The number of unbranched alkanes of at least 4 members (excludes halogenated alkanes) is 1. The second-order valence-corrected chi connectivity index (χ2v) is 11.9. The molecular formula is C37H39N3O6S. The summed E-state index contributed by atoms with van der Waals surface area (Å²) in [4.78, 5) is 40.2. The second kappa shape index (κ2) is 17.5. The van der Waals surface area contributed by atoms with Gasteiger partial charge < -0.3 is 30.2 Å². The molecule has 4 aromatic rings. The van der Waals surface area contributed by atoms with Crippen molar-refractivity contribution in [3.63, 3.8) is 0 Å². The van der Waals surface area contributed by atoms with Gasteiger partial charge in [0, 0.05) is 33.5 Å². The van der Waals surface area contributed by atoms with Gasteiger partial charge in [-0.1, -0.05) is 31.5 Å². The number of benzene rings is 4. The molecule has 0 bridgehead atoms. The van der Waals surface area contributed by atoms with Crippen LogP contribution in [0, 0.1) is 0 Å². The first-order chi connectivity index (χ1) is 22.8. The molecule has 47 heavy (non-hydrogen) atoms. The van der Waals surface area contributed by atoms with Crippen LogP contribution in [0.4, 0.5) is 11.4 Å². The van der Waals surface area contributed by atoms with Crippen LogP contribution in [0.15, 0.2) is 108 Å². The summed E-state index contributed by atoms with van der Waals surface area (Å²) in [7, 11) is 3.06. The summed E-state index contributed by atoms with van der Waals surface area (Å²) < 4.78 is 16.5. The number of carbonyl (C=O) groups is 3. The van der Waals surface area contributed by atoms with E-state index in [9.17, 15) is 14.4 Å². The zero-order chi connectivity index (χ0) is 33.6. The van der Waals surface area contributed by atoms with Gasteiger partial charge in [0.2, 0.25) is 5.91 Å². The molecule has 244 valence electrons. The molecule has 0 aliphatic rings. The minimum Gasteiger partial charge on any atom is -0.497 e. The Kier molecular flexibility index (Phi) is 12.9. The van der Waals surface area contributed by atoms with E-state index < -0.39 is 11.8 Å². The van der Waals surface area contributed by atoms with Gasteiger partial charge in [-0.05, 0) is 92.2 Å². The number of thioether (sulfide) groups is 1. The number of amides is 3. The molecule has 1 unspecified atom stereocenters. The molecule has 10 heteroatoms. The summed E-state index contributed by atoms with van der Waals surface area (Å²) >= 11 is 1.39. The first-order valence-electron chi connectivity index (χ1n) is 15.2. The highest BCUT2D eigenvalue weighted by atomic mass is 32.2. The van der Waals surface area contributed by atoms with Crippen molar-refractivity contribution in [1.29, 1.82) is 0 Å². The Hall–Kier alpha value is -5.22. The smallest absolute Gasteiger partial charge is 0.272 e. The Labute approximate surface area is 279 Å². The number of hydrogen-bond donors (Lipinski definition) is 3. The zero-order valence-electron chi connectivity index (χ0n) is 26.9. The summed E-state index contributed by atoms with van der Waals surface area (Å²) in [5.41, 5.74) is 2.20. The molecule has 9 nitrogen and oxygen atoms in total. The minimum atomic E-state index is -0.526. The topological polar surface area (TPSA) is 115 Å². The number of rotatable bonds is 15. The zero-order valence-corrected chi connectivity index (χ0v) is 27.7. The van der Waals surface area contributed by atoms with Crippen molar-refractivity contribution < 1.29 is 28.6 Å². The molecule has 0 fully saturated rings. The van der Waals surface area contributed by atoms with E-state index in [1.165, 1.54) is 18.9 Å². The van der Waals surface area contributed by atoms with Crippen LogP contribution in [0.5, 0.6) is 17.2 Å². The normalized spacial score (nSPS) is 11.6. The highest BCUT2D eigenvalue weighted by Gasteiger charge is 2.18. The van der Waals surface area contributed by atoms with Crippen molar-refractivity contribution in [2.75, 3.05) is 31.5 Å². The number of hydrogen-bond acceptors (Lipinski definition) is 7. The summed E-state index contributed by atoms with van der Waals surface area (Å²) in [5, 5.41) is 8.15. The Morgan fingerprint density at radius 2 is 1.47 bits per heavy atom. The van der Waals surface area contributed by atoms with E-state index in [0.717, 1.165) is 23.5 Å². The summed E-state index contributed by atoms with van der Waals surface area (Å²) in [6, 6.07) is 28.3. The summed E-state index contributed by atoms with van der Waals surface area (Å²) in [5.74, 6) is 0.732. The lowest BCUT2D eigenvalue weighted by Gasteiger charge is -2.14. The van der Waals surface area contributed by atoms with Crippen molar-refractivity contribution in [3.05, 3.63) is 114 Å². The third-order valence-corrected chi connectivity index (χ3v) is 8.06. The predicted octanol–water partition coefficient (Wildman–Crippen LogP) is 7.41. The van der Waals surface area contributed by atoms with E-state index >= 15 is 0 Å². The van der Waals surface area contributed by atoms with Gasteiger partial charge in [-0.25, -0.2) is 0 Å². The molecule has 0 aliphatic carbocycles. The maximum absolute atomic E-state index is 13.5. The van der Waals surface area contributed by atoms with Gasteiger partial charge in [0.05, 0.1) is 26.1 Å². The average molecular weight is 654 g/mol. The van der Waals surface area contributed by atoms with Crippen LogP contribution in [-0.2, 0) is 9.59 Å². The molecular weight excluding hydrogens is 614 g/mol. The average Bonchev–Trinajstić information content (AvgIpc) is 3.10. The molecule has 0 aliphatic heterocycles. The largest absolute Gasteiger partial charge is 0.497 e. The highest BCUT2D eigenvalue weighted by molar-refractivity contribution is 8.00. The van der Waals surface area contributed by atoms with E-state index in [1.54, 1.807) is 73.8 Å². The van der Waals surface area contributed by atoms with Crippen molar-refractivity contribution in [3.8, 4) is 17.2 Å². The Morgan fingerprint density at radius 3 is 2.13 bits per heavy atom. The third kappa shape index (κ3) is 10.4. The fraction of sp³-hybridized carbons (Fsp3) is 0.216. The first-order valence-corrected chi connectivity index (χ1v) is 16.1. The Balaban J connectivity index is 1.41. The van der Waals surface area contributed by atoms with Gasteiger partial charge in [-0.2, -0.15) is 0 Å². The van der Waals surface area contributed by atoms with Crippen LogP contribution in [0.1, 0.15) is 42.6 Å². The van der Waals surface area contributed by atoms with Crippen LogP contribution in [0.2, 0.25) is 0 Å². The number of anilines is 2. The standard InChI is InChI=1S/C37H39N3O6S/c1-5-6-22-46-30-18-13-28(14-19-30)38-35(41)25(2)47-32-20-15-29(16-21-32)39-37(43)33(40-36(42)26-10-8-7-9-11-26)23-27-12-17-31(44-3)24-34(27)45-4/h7-21,23-25H,5-6,22H2,1-4H3,(H,38,41)(H,39,43)(H,40,42)/b33-23-. The summed E-state index contributed by atoms with van der Waals surface area (Å²) in [6.07, 6.45) is 3.60. The van der Waals surface area contributed by atoms with Crippen molar-refractivity contribution in [2.24, 2.45) is 0 Å². The van der Waals surface area contributed by atoms with E-state index in [2.05, 4.69) is 22.9 Å². The van der Waals surface area contributed by atoms with Crippen LogP contribution in [0.25, 0.3) is 6.08 Å². The molecule has 4 aromatic carbocycles. The number of ether oxygens (including phenoxy) is 3. The van der Waals surface area contributed by atoms with Gasteiger partial charge in [0.25, 0.3) is 11.8 Å². The SMILES string of the molecule is CCCCOc1ccc(NC(=O)C(C)Sc2ccc(NC(=O)/C(=C/c3ccc(OC)cc3OC)NC(=O)c3ccccc3)cc2)cc1. The van der Waals surface area contributed by atoms with Crippen molar-refractivity contribution in [2.45, 2.75) is 36.8 Å². The Bertz CT molecular complexity index is 1680. The van der Waals surface area contributed by atoms with Crippen LogP contribution >= 0.6 is 11.8 Å². The molecule has 3 N–H and O–H groups in total. The maximum atomic E-state index is 13.5.